The molecule has 0 amide bonds. The first-order chi connectivity index (χ1) is 17.9. The number of aliphatic carboxylic acids is 2. The second kappa shape index (κ2) is 14.8. The van der Waals surface area contributed by atoms with Crippen molar-refractivity contribution in [2.45, 2.75) is 52.5 Å². The van der Waals surface area contributed by atoms with Crippen LogP contribution in [0.25, 0.3) is 0 Å². The molecule has 0 saturated carbocycles. The number of halogens is 6. The number of carbonyl (C=O) groups is 3. The van der Waals surface area contributed by atoms with Crippen molar-refractivity contribution in [3.05, 3.63) is 16.6 Å². The lowest BCUT2D eigenvalue weighted by atomic mass is 9.75. The van der Waals surface area contributed by atoms with E-state index in [-0.39, 0.29) is 11.4 Å². The molecule has 224 valence electrons. The second-order valence-electron chi connectivity index (χ2n) is 9.53. The standard InChI is InChI=1S/C19H31N3O2S.2C2HF3O2/c1-4-24-18(23)19-6-5-8-21(13-17-20-7-9-25-17)11-16(19)12-22(14-19)10-15(2)3;2*3-2(4,5)1(6)7/h7,9,15-16H,4-6,8,10-14H2,1-3H3;2*(H,6,7)/t16-,19-;;/m0../s1. The predicted octanol–water partition coefficient (Wildman–Crippen LogP) is 4.14. The van der Waals surface area contributed by atoms with Gasteiger partial charge in [0, 0.05) is 43.7 Å². The lowest BCUT2D eigenvalue weighted by molar-refractivity contribution is -0.193. The van der Waals surface area contributed by atoms with Gasteiger partial charge in [-0.1, -0.05) is 13.8 Å². The highest BCUT2D eigenvalue weighted by Crippen LogP contribution is 2.44. The molecular weight excluding hydrogens is 560 g/mol. The van der Waals surface area contributed by atoms with Crippen LogP contribution in [0.3, 0.4) is 0 Å². The molecule has 0 bridgehead atoms. The molecule has 0 aliphatic carbocycles. The van der Waals surface area contributed by atoms with E-state index in [1.165, 1.54) is 5.01 Å². The average Bonchev–Trinajstić information content (AvgIpc) is 3.37. The number of ether oxygens (including phenoxy) is 1. The SMILES string of the molecule is CCOC(=O)[C@]12CCCN(Cc3nccs3)C[C@H]1CN(CC(C)C)C2.O=C(O)C(F)(F)F.O=C(O)C(F)(F)F. The summed E-state index contributed by atoms with van der Waals surface area (Å²) in [7, 11) is 0. The third kappa shape index (κ3) is 11.3. The van der Waals surface area contributed by atoms with Crippen LogP contribution in [0.15, 0.2) is 11.6 Å². The minimum Gasteiger partial charge on any atom is -0.475 e. The van der Waals surface area contributed by atoms with Crippen molar-refractivity contribution >= 4 is 29.2 Å². The summed E-state index contributed by atoms with van der Waals surface area (Å²) in [6.45, 7) is 12.7. The summed E-state index contributed by atoms with van der Waals surface area (Å²) in [5.74, 6) is -4.51. The van der Waals surface area contributed by atoms with Gasteiger partial charge in [0.15, 0.2) is 0 Å². The minimum absolute atomic E-state index is 0.0300. The van der Waals surface area contributed by atoms with Gasteiger partial charge in [-0.15, -0.1) is 11.3 Å². The summed E-state index contributed by atoms with van der Waals surface area (Å²) in [6.07, 6.45) is -6.30. The summed E-state index contributed by atoms with van der Waals surface area (Å²) in [5.41, 5.74) is -0.317. The van der Waals surface area contributed by atoms with Crippen molar-refractivity contribution in [3.8, 4) is 0 Å². The maximum atomic E-state index is 12.9. The van der Waals surface area contributed by atoms with Gasteiger partial charge >= 0.3 is 30.3 Å². The van der Waals surface area contributed by atoms with E-state index >= 15 is 0 Å². The van der Waals surface area contributed by atoms with Crippen LogP contribution in [0.2, 0.25) is 0 Å². The van der Waals surface area contributed by atoms with E-state index in [2.05, 4.69) is 28.6 Å². The molecule has 0 aromatic carbocycles. The van der Waals surface area contributed by atoms with Crippen LogP contribution < -0.4 is 0 Å². The Morgan fingerprint density at radius 3 is 2.08 bits per heavy atom. The number of fused-ring (bicyclic) bond motifs is 1. The van der Waals surface area contributed by atoms with Crippen molar-refractivity contribution in [2.24, 2.45) is 17.3 Å². The van der Waals surface area contributed by atoms with Crippen LogP contribution in [0.1, 0.15) is 38.6 Å². The van der Waals surface area contributed by atoms with Crippen LogP contribution in [0, 0.1) is 17.3 Å². The van der Waals surface area contributed by atoms with E-state index < -0.39 is 24.3 Å². The molecule has 3 rings (SSSR count). The molecule has 0 spiro atoms. The number of alkyl halides is 6. The van der Waals surface area contributed by atoms with Crippen LogP contribution in [0.5, 0.6) is 0 Å². The Labute approximate surface area is 225 Å². The summed E-state index contributed by atoms with van der Waals surface area (Å²) < 4.78 is 69.0. The number of carboxylic acids is 2. The van der Waals surface area contributed by atoms with Crippen molar-refractivity contribution in [1.29, 1.82) is 0 Å². The molecule has 16 heteroatoms. The number of rotatable bonds is 6. The molecule has 2 aliphatic rings. The monoisotopic (exact) mass is 593 g/mol. The Morgan fingerprint density at radius 1 is 1.10 bits per heavy atom. The molecule has 0 unspecified atom stereocenters. The Morgan fingerprint density at radius 2 is 1.64 bits per heavy atom. The van der Waals surface area contributed by atoms with E-state index in [1.807, 2.05) is 18.5 Å². The topological polar surface area (TPSA) is 120 Å². The van der Waals surface area contributed by atoms with Gasteiger partial charge in [-0.25, -0.2) is 14.6 Å². The molecule has 2 fully saturated rings. The van der Waals surface area contributed by atoms with Gasteiger partial charge in [0.05, 0.1) is 18.6 Å². The summed E-state index contributed by atoms with van der Waals surface area (Å²) in [6, 6.07) is 0. The second-order valence-corrected chi connectivity index (χ2v) is 10.5. The number of carbonyl (C=O) groups excluding carboxylic acids is 1. The number of likely N-dealkylation sites (tertiary alicyclic amines) is 2. The number of esters is 1. The van der Waals surface area contributed by atoms with E-state index in [1.54, 1.807) is 11.3 Å². The van der Waals surface area contributed by atoms with Gasteiger partial charge in [-0.2, -0.15) is 26.3 Å². The fourth-order valence-electron chi connectivity index (χ4n) is 4.55. The van der Waals surface area contributed by atoms with Gasteiger partial charge in [0.2, 0.25) is 0 Å². The lowest BCUT2D eigenvalue weighted by Crippen LogP contribution is -2.42. The number of aromatic nitrogens is 1. The fourth-order valence-corrected chi connectivity index (χ4v) is 5.20. The predicted molar refractivity (Wildman–Crippen MR) is 128 cm³/mol. The van der Waals surface area contributed by atoms with Crippen molar-refractivity contribution in [1.82, 2.24) is 14.8 Å². The normalized spacial score (nSPS) is 22.1. The molecule has 1 aromatic rings. The Kier molecular flexibility index (Phi) is 13.1. The first-order valence-electron chi connectivity index (χ1n) is 12.0. The van der Waals surface area contributed by atoms with E-state index in [4.69, 9.17) is 24.5 Å². The molecule has 2 saturated heterocycles. The highest BCUT2D eigenvalue weighted by Gasteiger charge is 2.54. The smallest absolute Gasteiger partial charge is 0.475 e. The zero-order chi connectivity index (χ0) is 30.0. The fraction of sp³-hybridized carbons (Fsp3) is 0.739. The zero-order valence-electron chi connectivity index (χ0n) is 21.7. The zero-order valence-corrected chi connectivity index (χ0v) is 22.5. The van der Waals surface area contributed by atoms with Crippen LogP contribution in [-0.2, 0) is 25.7 Å². The molecule has 0 radical (unpaired) electrons. The number of nitrogens with zero attached hydrogens (tertiary/aromatic N) is 3. The van der Waals surface area contributed by atoms with E-state index in [9.17, 15) is 31.1 Å². The van der Waals surface area contributed by atoms with Crippen LogP contribution >= 0.6 is 11.3 Å². The first-order valence-corrected chi connectivity index (χ1v) is 12.9. The lowest BCUT2D eigenvalue weighted by Gasteiger charge is -2.31. The van der Waals surface area contributed by atoms with E-state index in [0.717, 1.165) is 52.1 Å². The maximum Gasteiger partial charge on any atom is 0.490 e. The number of hydrogen-bond donors (Lipinski definition) is 2. The largest absolute Gasteiger partial charge is 0.490 e. The Balaban J connectivity index is 0.000000449. The van der Waals surface area contributed by atoms with Gasteiger partial charge in [0.25, 0.3) is 0 Å². The van der Waals surface area contributed by atoms with Gasteiger partial charge in [-0.05, 0) is 32.2 Å². The number of thiazole rings is 1. The third-order valence-electron chi connectivity index (χ3n) is 5.97. The maximum absolute atomic E-state index is 12.9. The van der Waals surface area contributed by atoms with Crippen LogP contribution in [-0.4, -0.2) is 94.6 Å². The number of carboxylic acid groups (broad SMARTS) is 2. The van der Waals surface area contributed by atoms with Gasteiger partial charge < -0.3 is 19.8 Å². The quantitative estimate of drug-likeness (QED) is 0.370. The summed E-state index contributed by atoms with van der Waals surface area (Å²) in [5, 5.41) is 17.5. The number of hydrogen-bond acceptors (Lipinski definition) is 8. The minimum atomic E-state index is -5.08. The summed E-state index contributed by atoms with van der Waals surface area (Å²) in [4.78, 5) is 40.1. The molecular formula is C23H33F6N3O6S. The van der Waals surface area contributed by atoms with Crippen molar-refractivity contribution in [3.63, 3.8) is 0 Å². The molecule has 2 atom stereocenters. The third-order valence-corrected chi connectivity index (χ3v) is 6.74. The molecule has 2 N–H and O–H groups in total. The molecule has 3 heterocycles. The first kappa shape index (κ1) is 34.6. The average molecular weight is 594 g/mol. The van der Waals surface area contributed by atoms with Gasteiger partial charge in [-0.3, -0.25) is 9.69 Å². The van der Waals surface area contributed by atoms with Crippen molar-refractivity contribution < 1.29 is 55.7 Å². The summed E-state index contributed by atoms with van der Waals surface area (Å²) >= 11 is 1.72. The highest BCUT2D eigenvalue weighted by atomic mass is 32.1. The molecule has 2 aliphatic heterocycles. The molecule has 39 heavy (non-hydrogen) atoms. The molecule has 1 aromatic heterocycles. The highest BCUT2D eigenvalue weighted by molar-refractivity contribution is 7.09. The van der Waals surface area contributed by atoms with E-state index in [0.29, 0.717) is 18.4 Å². The Hall–Kier alpha value is -2.46. The van der Waals surface area contributed by atoms with Crippen molar-refractivity contribution in [2.75, 3.05) is 39.3 Å². The van der Waals surface area contributed by atoms with Crippen LogP contribution in [0.4, 0.5) is 26.3 Å². The Bertz CT molecular complexity index is 904. The molecule has 9 nitrogen and oxygen atoms in total. The van der Waals surface area contributed by atoms with Gasteiger partial charge in [0.1, 0.15) is 5.01 Å².